The third kappa shape index (κ3) is 5.65. The lowest BCUT2D eigenvalue weighted by Gasteiger charge is -2.30. The summed E-state index contributed by atoms with van der Waals surface area (Å²) in [5.74, 6) is 0.487. The van der Waals surface area contributed by atoms with Gasteiger partial charge in [0.1, 0.15) is 0 Å². The molecule has 1 saturated heterocycles. The van der Waals surface area contributed by atoms with E-state index in [1.165, 1.54) is 4.68 Å². The number of nitrogens with zero attached hydrogens (tertiary/aromatic N) is 8. The number of hydrazone groups is 1. The lowest BCUT2D eigenvalue weighted by atomic mass is 9.99. The summed E-state index contributed by atoms with van der Waals surface area (Å²) in [5.41, 5.74) is 11.2. The van der Waals surface area contributed by atoms with Crippen molar-refractivity contribution in [3.8, 4) is 5.82 Å². The minimum absolute atomic E-state index is 0.0709. The van der Waals surface area contributed by atoms with Gasteiger partial charge in [-0.25, -0.2) is 10.1 Å². The van der Waals surface area contributed by atoms with E-state index in [4.69, 9.17) is 10.4 Å². The van der Waals surface area contributed by atoms with E-state index in [1.54, 1.807) is 6.21 Å². The molecule has 1 aromatic carbocycles. The van der Waals surface area contributed by atoms with Gasteiger partial charge in [0.25, 0.3) is 5.91 Å². The van der Waals surface area contributed by atoms with Gasteiger partial charge < -0.3 is 10.6 Å². The van der Waals surface area contributed by atoms with Crippen LogP contribution in [0.4, 0.5) is 11.5 Å². The number of piperidine rings is 1. The Bertz CT molecular complexity index is 1140. The second-order valence-corrected chi connectivity index (χ2v) is 8.69. The first-order valence-electron chi connectivity index (χ1n) is 11.9. The van der Waals surface area contributed by atoms with Crippen molar-refractivity contribution in [2.45, 2.75) is 40.2 Å². The highest BCUT2D eigenvalue weighted by molar-refractivity contribution is 5.94. The van der Waals surface area contributed by atoms with Crippen molar-refractivity contribution >= 4 is 23.6 Å². The predicted octanol–water partition coefficient (Wildman–Crippen LogP) is 2.07. The van der Waals surface area contributed by atoms with Crippen molar-refractivity contribution in [1.82, 2.24) is 35.6 Å². The molecule has 3 heterocycles. The quantitative estimate of drug-likeness (QED) is 0.347. The number of benzene rings is 1. The maximum atomic E-state index is 13.0. The number of amides is 1. The molecule has 0 unspecified atom stereocenters. The van der Waals surface area contributed by atoms with E-state index < -0.39 is 5.91 Å². The summed E-state index contributed by atoms with van der Waals surface area (Å²) in [7, 11) is 0. The van der Waals surface area contributed by atoms with Crippen LogP contribution in [0.5, 0.6) is 0 Å². The summed E-state index contributed by atoms with van der Waals surface area (Å²) in [5, 5.41) is 19.8. The minimum Gasteiger partial charge on any atom is -0.378 e. The maximum Gasteiger partial charge on any atom is 0.293 e. The van der Waals surface area contributed by atoms with Crippen molar-refractivity contribution in [3.05, 3.63) is 41.2 Å². The van der Waals surface area contributed by atoms with Crippen LogP contribution < -0.4 is 16.1 Å². The van der Waals surface area contributed by atoms with E-state index in [-0.39, 0.29) is 17.3 Å². The predicted molar refractivity (Wildman–Crippen MR) is 132 cm³/mol. The van der Waals surface area contributed by atoms with E-state index in [1.807, 2.05) is 24.3 Å². The first kappa shape index (κ1) is 24.3. The van der Waals surface area contributed by atoms with Crippen LogP contribution >= 0.6 is 0 Å². The normalized spacial score (nSPS) is 15.1. The van der Waals surface area contributed by atoms with Gasteiger partial charge in [0, 0.05) is 25.3 Å². The Labute approximate surface area is 204 Å². The van der Waals surface area contributed by atoms with E-state index >= 15 is 0 Å². The molecule has 3 aromatic rings. The van der Waals surface area contributed by atoms with Crippen molar-refractivity contribution in [2.24, 2.45) is 11.0 Å². The molecule has 2 aromatic heterocycles. The molecule has 0 aliphatic carbocycles. The van der Waals surface area contributed by atoms with Crippen molar-refractivity contribution in [1.29, 1.82) is 0 Å². The number of nitrogen functional groups attached to an aromatic ring is 1. The third-order valence-electron chi connectivity index (χ3n) is 6.33. The Morgan fingerprint density at radius 2 is 1.94 bits per heavy atom. The number of rotatable bonds is 9. The molecule has 1 fully saturated rings. The average molecular weight is 481 g/mol. The summed E-state index contributed by atoms with van der Waals surface area (Å²) >= 11 is 0. The van der Waals surface area contributed by atoms with Gasteiger partial charge in [0.05, 0.1) is 11.9 Å². The molecule has 4 rings (SSSR count). The Morgan fingerprint density at radius 1 is 1.23 bits per heavy atom. The van der Waals surface area contributed by atoms with Gasteiger partial charge in [-0.3, -0.25) is 9.69 Å². The highest BCUT2D eigenvalue weighted by Crippen LogP contribution is 2.22. The van der Waals surface area contributed by atoms with Crippen LogP contribution in [0, 0.1) is 5.92 Å². The van der Waals surface area contributed by atoms with Gasteiger partial charge >= 0.3 is 0 Å². The molecule has 1 amide bonds. The van der Waals surface area contributed by atoms with E-state index in [0.29, 0.717) is 18.2 Å². The summed E-state index contributed by atoms with van der Waals surface area (Å²) < 4.78 is 6.14. The van der Waals surface area contributed by atoms with Crippen LogP contribution in [0.1, 0.15) is 55.4 Å². The van der Waals surface area contributed by atoms with Crippen LogP contribution in [0.25, 0.3) is 5.82 Å². The molecule has 12 nitrogen and oxygen atoms in total. The van der Waals surface area contributed by atoms with Gasteiger partial charge in [-0.05, 0) is 73.7 Å². The topological polar surface area (TPSA) is 144 Å². The zero-order valence-electron chi connectivity index (χ0n) is 20.4. The fourth-order valence-corrected chi connectivity index (χ4v) is 4.14. The maximum absolute atomic E-state index is 13.0. The number of carbonyl (C=O) groups is 1. The Kier molecular flexibility index (Phi) is 7.70. The Hall–Kier alpha value is -3.80. The molecule has 0 radical (unpaired) electrons. The number of carbonyl (C=O) groups excluding carboxylic acids is 1. The van der Waals surface area contributed by atoms with Gasteiger partial charge in [-0.15, -0.1) is 5.10 Å². The molecular formula is C23H32N10O2. The molecular weight excluding hydrogens is 448 g/mol. The second kappa shape index (κ2) is 11.1. The summed E-state index contributed by atoms with van der Waals surface area (Å²) in [6.07, 6.45) is 3.78. The average Bonchev–Trinajstić information content (AvgIpc) is 3.47. The fourth-order valence-electron chi connectivity index (χ4n) is 4.14. The van der Waals surface area contributed by atoms with Gasteiger partial charge in [0.2, 0.25) is 11.6 Å². The number of hydrogen-bond acceptors (Lipinski definition) is 10. The highest BCUT2D eigenvalue weighted by Gasteiger charge is 2.26. The zero-order valence-corrected chi connectivity index (χ0v) is 20.4. The number of aromatic nitrogens is 5. The molecule has 0 spiro atoms. The molecule has 0 bridgehead atoms. The first-order chi connectivity index (χ1) is 17.0. The smallest absolute Gasteiger partial charge is 0.293 e. The monoisotopic (exact) mass is 480 g/mol. The second-order valence-electron chi connectivity index (χ2n) is 8.69. The van der Waals surface area contributed by atoms with Gasteiger partial charge in [-0.2, -0.15) is 9.78 Å². The van der Waals surface area contributed by atoms with Crippen molar-refractivity contribution < 1.29 is 9.42 Å². The highest BCUT2D eigenvalue weighted by atomic mass is 16.6. The molecule has 186 valence electrons. The molecule has 1 aliphatic rings. The van der Waals surface area contributed by atoms with E-state index in [0.717, 1.165) is 50.3 Å². The Balaban J connectivity index is 1.49. The summed E-state index contributed by atoms with van der Waals surface area (Å²) in [6, 6.07) is 8.00. The lowest BCUT2D eigenvalue weighted by molar-refractivity contribution is 0.0947. The number of nitrogens with two attached hydrogens (primary N) is 1. The van der Waals surface area contributed by atoms with Crippen LogP contribution in [0.2, 0.25) is 0 Å². The standard InChI is InChI=1S/C23H32N10O2/c1-4-32(5-2)18-8-6-17(7-9-18)14-25-27-23(34)20-19(15-31-12-10-16(3)11-13-31)33(30-26-20)22-21(24)28-35-29-22/h6-9,14,16H,4-5,10-13,15H2,1-3H3,(H2,24,28)(H,27,34)/b25-14-. The number of likely N-dealkylation sites (tertiary alicyclic amines) is 1. The zero-order chi connectivity index (χ0) is 24.8. The van der Waals surface area contributed by atoms with Gasteiger partial charge in [-0.1, -0.05) is 24.3 Å². The number of nitrogens with one attached hydrogen (secondary N) is 1. The van der Waals surface area contributed by atoms with Crippen LogP contribution in [0.15, 0.2) is 34.0 Å². The third-order valence-corrected chi connectivity index (χ3v) is 6.33. The van der Waals surface area contributed by atoms with Crippen molar-refractivity contribution in [2.75, 3.05) is 36.8 Å². The molecule has 35 heavy (non-hydrogen) atoms. The van der Waals surface area contributed by atoms with E-state index in [2.05, 4.69) is 61.7 Å². The van der Waals surface area contributed by atoms with Crippen LogP contribution in [-0.4, -0.2) is 68.5 Å². The van der Waals surface area contributed by atoms with Crippen LogP contribution in [0.3, 0.4) is 0 Å². The SMILES string of the molecule is CCN(CC)c1ccc(/C=N\NC(=O)c2nnn(-c3nonc3N)c2CN2CCC(C)CC2)cc1. The van der Waals surface area contributed by atoms with E-state index in [9.17, 15) is 4.79 Å². The fraction of sp³-hybridized carbons (Fsp3) is 0.478. The van der Waals surface area contributed by atoms with Gasteiger partial charge in [0.15, 0.2) is 5.69 Å². The molecule has 3 N–H and O–H groups in total. The number of anilines is 2. The summed E-state index contributed by atoms with van der Waals surface area (Å²) in [6.45, 7) is 10.7. The molecule has 1 aliphatic heterocycles. The first-order valence-corrected chi connectivity index (χ1v) is 11.9. The molecule has 0 atom stereocenters. The Morgan fingerprint density at radius 3 is 2.57 bits per heavy atom. The lowest BCUT2D eigenvalue weighted by Crippen LogP contribution is -2.34. The summed E-state index contributed by atoms with van der Waals surface area (Å²) in [4.78, 5) is 17.5. The number of hydrogen-bond donors (Lipinski definition) is 2. The van der Waals surface area contributed by atoms with Crippen LogP contribution in [-0.2, 0) is 6.54 Å². The molecule has 12 heteroatoms. The largest absolute Gasteiger partial charge is 0.378 e. The minimum atomic E-state index is -0.470. The van der Waals surface area contributed by atoms with Crippen molar-refractivity contribution in [3.63, 3.8) is 0 Å². The molecule has 0 saturated carbocycles.